The molecule has 1 saturated heterocycles. The molecule has 4 rings (SSSR count). The molecule has 194 valence electrons. The number of likely N-dealkylation sites (tertiary alicyclic amines) is 1. The summed E-state index contributed by atoms with van der Waals surface area (Å²) in [5, 5.41) is 5.26. The van der Waals surface area contributed by atoms with Crippen LogP contribution in [0, 0.1) is 5.82 Å². The Balaban J connectivity index is 0.000000202. The monoisotopic (exact) mass is 498 g/mol. The lowest BCUT2D eigenvalue weighted by molar-refractivity contribution is -0.114. The molecule has 36 heavy (non-hydrogen) atoms. The Labute approximate surface area is 211 Å². The second kappa shape index (κ2) is 12.5. The fourth-order valence-electron chi connectivity index (χ4n) is 4.21. The van der Waals surface area contributed by atoms with E-state index in [4.69, 9.17) is 15.2 Å². The third-order valence-electron chi connectivity index (χ3n) is 6.17. The van der Waals surface area contributed by atoms with Gasteiger partial charge in [-0.25, -0.2) is 4.39 Å². The summed E-state index contributed by atoms with van der Waals surface area (Å²) in [6.45, 7) is 7.54. The number of amides is 1. The van der Waals surface area contributed by atoms with Crippen LogP contribution in [0.5, 0.6) is 11.5 Å². The van der Waals surface area contributed by atoms with Crippen molar-refractivity contribution in [2.75, 3.05) is 33.9 Å². The Morgan fingerprint density at radius 2 is 1.83 bits per heavy atom. The molecule has 2 aromatic carbocycles. The van der Waals surface area contributed by atoms with Crippen molar-refractivity contribution in [2.45, 2.75) is 45.6 Å². The fraction of sp³-hybridized carbons (Fsp3) is 0.444. The normalized spacial score (nSPS) is 13.5. The van der Waals surface area contributed by atoms with Crippen LogP contribution in [0.25, 0.3) is 10.9 Å². The van der Waals surface area contributed by atoms with Gasteiger partial charge in [0.15, 0.2) is 17.3 Å². The Morgan fingerprint density at radius 3 is 2.44 bits per heavy atom. The highest BCUT2D eigenvalue weighted by atomic mass is 19.1. The van der Waals surface area contributed by atoms with Crippen LogP contribution >= 0.6 is 0 Å². The molecular weight excluding hydrogens is 463 g/mol. The molecule has 3 aromatic rings. The van der Waals surface area contributed by atoms with Gasteiger partial charge in [0.25, 0.3) is 5.91 Å². The van der Waals surface area contributed by atoms with Crippen LogP contribution in [0.15, 0.2) is 36.5 Å². The standard InChI is InChI=1S/C15H22FNO2.C12H13N3O2/c1-18-14-11-12(10-13(16)15(14)19-2)6-5-9-17-7-3-4-8-17;1-7(2)15-6-9-4-3-8(5-10(9)14-15)11(16)12(13)17/h10-11H,3-9H2,1-2H3;3-7H,1-2H3,(H2,13,17). The maximum Gasteiger partial charge on any atom is 0.289 e. The highest BCUT2D eigenvalue weighted by Gasteiger charge is 2.15. The number of aromatic nitrogens is 2. The van der Waals surface area contributed by atoms with Crippen molar-refractivity contribution in [1.82, 2.24) is 14.7 Å². The minimum absolute atomic E-state index is 0.186. The molecule has 0 spiro atoms. The number of ether oxygens (including phenoxy) is 2. The van der Waals surface area contributed by atoms with Crippen LogP contribution < -0.4 is 15.2 Å². The number of nitrogens with zero attached hydrogens (tertiary/aromatic N) is 3. The Morgan fingerprint density at radius 1 is 1.11 bits per heavy atom. The number of aryl methyl sites for hydroxylation is 1. The predicted octanol–water partition coefficient (Wildman–Crippen LogP) is 4.16. The summed E-state index contributed by atoms with van der Waals surface area (Å²) in [6.07, 6.45) is 6.44. The molecule has 0 radical (unpaired) electrons. The van der Waals surface area contributed by atoms with Crippen LogP contribution in [0.1, 0.15) is 55.1 Å². The van der Waals surface area contributed by atoms with E-state index in [9.17, 15) is 14.0 Å². The smallest absolute Gasteiger partial charge is 0.289 e. The SMILES string of the molecule is CC(C)n1cc2ccc(C(=O)C(N)=O)cc2n1.COc1cc(CCCN2CCCC2)cc(F)c1OC. The summed E-state index contributed by atoms with van der Waals surface area (Å²) in [5.41, 5.74) is 6.88. The number of nitrogens with two attached hydrogens (primary N) is 1. The van der Waals surface area contributed by atoms with Gasteiger partial charge in [0.2, 0.25) is 5.78 Å². The Hall–Kier alpha value is -3.46. The quantitative estimate of drug-likeness (QED) is 0.351. The van der Waals surface area contributed by atoms with Crippen molar-refractivity contribution >= 4 is 22.6 Å². The lowest BCUT2D eigenvalue weighted by atomic mass is 10.1. The molecule has 0 unspecified atom stereocenters. The summed E-state index contributed by atoms with van der Waals surface area (Å²) >= 11 is 0. The molecule has 1 aliphatic rings. The largest absolute Gasteiger partial charge is 0.493 e. The molecule has 0 aliphatic carbocycles. The average molecular weight is 499 g/mol. The maximum absolute atomic E-state index is 13.8. The van der Waals surface area contributed by atoms with Gasteiger partial charge >= 0.3 is 0 Å². The first-order valence-electron chi connectivity index (χ1n) is 12.2. The number of Topliss-reactive ketones (excluding diaryl/α,β-unsaturated/α-hetero) is 1. The molecule has 1 fully saturated rings. The number of ketones is 1. The predicted molar refractivity (Wildman–Crippen MR) is 137 cm³/mol. The number of halogens is 1. The van der Waals surface area contributed by atoms with Gasteiger partial charge in [0, 0.05) is 23.2 Å². The summed E-state index contributed by atoms with van der Waals surface area (Å²) in [4.78, 5) is 24.7. The number of rotatable bonds is 9. The Kier molecular flexibility index (Phi) is 9.41. The third-order valence-corrected chi connectivity index (χ3v) is 6.17. The van der Waals surface area contributed by atoms with Gasteiger partial charge in [0.1, 0.15) is 0 Å². The van der Waals surface area contributed by atoms with E-state index < -0.39 is 11.7 Å². The van der Waals surface area contributed by atoms with E-state index in [0.717, 1.165) is 30.3 Å². The minimum Gasteiger partial charge on any atom is -0.493 e. The van der Waals surface area contributed by atoms with Crippen molar-refractivity contribution in [2.24, 2.45) is 5.73 Å². The highest BCUT2D eigenvalue weighted by molar-refractivity contribution is 6.42. The summed E-state index contributed by atoms with van der Waals surface area (Å²) < 4.78 is 25.8. The number of hydrogen-bond donors (Lipinski definition) is 1. The summed E-state index contributed by atoms with van der Waals surface area (Å²) in [6, 6.07) is 8.59. The molecule has 9 heteroatoms. The van der Waals surface area contributed by atoms with Gasteiger partial charge in [0.05, 0.1) is 19.7 Å². The lowest BCUT2D eigenvalue weighted by Gasteiger charge is -2.15. The van der Waals surface area contributed by atoms with Gasteiger partial charge in [-0.15, -0.1) is 0 Å². The van der Waals surface area contributed by atoms with Crippen molar-refractivity contribution in [3.63, 3.8) is 0 Å². The third kappa shape index (κ3) is 6.81. The molecule has 1 aromatic heterocycles. The van der Waals surface area contributed by atoms with Crippen molar-refractivity contribution in [3.05, 3.63) is 53.5 Å². The van der Waals surface area contributed by atoms with Crippen molar-refractivity contribution < 1.29 is 23.5 Å². The van der Waals surface area contributed by atoms with Crippen molar-refractivity contribution in [3.8, 4) is 11.5 Å². The second-order valence-corrected chi connectivity index (χ2v) is 9.14. The average Bonchev–Trinajstić information content (AvgIpc) is 3.53. The molecule has 1 aliphatic heterocycles. The van der Waals surface area contributed by atoms with Crippen LogP contribution in [0.2, 0.25) is 0 Å². The van der Waals surface area contributed by atoms with Gasteiger partial charge < -0.3 is 20.1 Å². The highest BCUT2D eigenvalue weighted by Crippen LogP contribution is 2.31. The number of primary amides is 1. The number of hydrogen-bond acceptors (Lipinski definition) is 6. The van der Waals surface area contributed by atoms with Crippen LogP contribution in [0.4, 0.5) is 4.39 Å². The van der Waals surface area contributed by atoms with Crippen LogP contribution in [-0.2, 0) is 11.2 Å². The zero-order valence-electron chi connectivity index (χ0n) is 21.4. The number of carbonyl (C=O) groups is 2. The molecule has 0 saturated carbocycles. The first-order valence-corrected chi connectivity index (χ1v) is 12.2. The maximum atomic E-state index is 13.8. The molecular formula is C27H35FN4O4. The van der Waals surface area contributed by atoms with E-state index in [2.05, 4.69) is 10.00 Å². The summed E-state index contributed by atoms with van der Waals surface area (Å²) in [7, 11) is 2.99. The molecule has 2 heterocycles. The van der Waals surface area contributed by atoms with E-state index in [-0.39, 0.29) is 23.2 Å². The van der Waals surface area contributed by atoms with Gasteiger partial charge in [-0.3, -0.25) is 14.3 Å². The lowest BCUT2D eigenvalue weighted by Crippen LogP contribution is -2.22. The number of carbonyl (C=O) groups excluding carboxylic acids is 2. The molecule has 2 N–H and O–H groups in total. The minimum atomic E-state index is -0.951. The zero-order chi connectivity index (χ0) is 26.2. The number of methoxy groups -OCH3 is 2. The number of fused-ring (bicyclic) bond motifs is 1. The van der Waals surface area contributed by atoms with Gasteiger partial charge in [-0.05, 0) is 82.9 Å². The molecule has 1 amide bonds. The van der Waals surface area contributed by atoms with Gasteiger partial charge in [-0.2, -0.15) is 5.10 Å². The van der Waals surface area contributed by atoms with E-state index in [1.165, 1.54) is 40.2 Å². The molecule has 8 nitrogen and oxygen atoms in total. The van der Waals surface area contributed by atoms with Crippen LogP contribution in [-0.4, -0.2) is 60.2 Å². The molecule has 0 atom stereocenters. The first kappa shape index (κ1) is 27.1. The summed E-state index contributed by atoms with van der Waals surface area (Å²) in [5.74, 6) is -1.33. The fourth-order valence-corrected chi connectivity index (χ4v) is 4.21. The van der Waals surface area contributed by atoms with E-state index in [0.29, 0.717) is 11.3 Å². The zero-order valence-corrected chi connectivity index (χ0v) is 21.4. The second-order valence-electron chi connectivity index (χ2n) is 9.14. The Bertz CT molecular complexity index is 1200. The van der Waals surface area contributed by atoms with Crippen molar-refractivity contribution in [1.29, 1.82) is 0 Å². The van der Waals surface area contributed by atoms with E-state index in [1.807, 2.05) is 30.8 Å². The van der Waals surface area contributed by atoms with E-state index in [1.54, 1.807) is 24.3 Å². The van der Waals surface area contributed by atoms with Crippen LogP contribution in [0.3, 0.4) is 0 Å². The van der Waals surface area contributed by atoms with E-state index >= 15 is 0 Å². The topological polar surface area (TPSA) is 99.7 Å². The van der Waals surface area contributed by atoms with Gasteiger partial charge in [-0.1, -0.05) is 12.1 Å². The number of benzene rings is 2. The first-order chi connectivity index (χ1) is 17.2. The molecule has 0 bridgehead atoms.